The van der Waals surface area contributed by atoms with Crippen molar-refractivity contribution in [2.45, 2.75) is 27.2 Å². The summed E-state index contributed by atoms with van der Waals surface area (Å²) in [5.41, 5.74) is 5.06. The van der Waals surface area contributed by atoms with Crippen LogP contribution in [0.3, 0.4) is 0 Å². The summed E-state index contributed by atoms with van der Waals surface area (Å²) in [5.74, 6) is 0. The van der Waals surface area contributed by atoms with Crippen LogP contribution in [0.15, 0.2) is 24.3 Å². The molecule has 1 heteroatoms. The zero-order valence-electron chi connectivity index (χ0n) is 8.96. The number of aryl methyl sites for hydroxylation is 2. The van der Waals surface area contributed by atoms with Crippen LogP contribution in [0.4, 0.5) is 0 Å². The summed E-state index contributed by atoms with van der Waals surface area (Å²) in [7, 11) is 0. The Morgan fingerprint density at radius 2 is 1.86 bits per heavy atom. The molecule has 0 radical (unpaired) electrons. The average molecular weight is 185 g/mol. The molecule has 0 fully saturated rings. The van der Waals surface area contributed by atoms with E-state index in [0.717, 1.165) is 11.9 Å². The Morgan fingerprint density at radius 3 is 2.57 bits per heavy atom. The van der Waals surface area contributed by atoms with Gasteiger partial charge in [0.1, 0.15) is 0 Å². The van der Waals surface area contributed by atoms with Crippen molar-refractivity contribution < 1.29 is 0 Å². The second-order valence-corrected chi connectivity index (χ2v) is 3.67. The predicted molar refractivity (Wildman–Crippen MR) is 60.6 cm³/mol. The normalized spacial score (nSPS) is 10.8. The standard InChI is InChI=1S/C13H15N/c1-4-11-9(2)12-7-5-6-8-13(12)14-10(11)3/h5-8H,4H2,1-3H3. The SMILES string of the molecule is CCc1c(C)nc2ccccc2c1C. The zero-order valence-corrected chi connectivity index (χ0v) is 8.96. The van der Waals surface area contributed by atoms with E-state index in [1.165, 1.54) is 22.2 Å². The molecule has 0 aliphatic carbocycles. The molecule has 1 aromatic carbocycles. The summed E-state index contributed by atoms with van der Waals surface area (Å²) < 4.78 is 0. The lowest BCUT2D eigenvalue weighted by molar-refractivity contribution is 1.05. The van der Waals surface area contributed by atoms with Gasteiger partial charge >= 0.3 is 0 Å². The molecule has 1 aromatic heterocycles. The second-order valence-electron chi connectivity index (χ2n) is 3.67. The molecule has 2 aromatic rings. The van der Waals surface area contributed by atoms with Gasteiger partial charge < -0.3 is 0 Å². The number of fused-ring (bicyclic) bond motifs is 1. The van der Waals surface area contributed by atoms with Crippen molar-refractivity contribution in [1.82, 2.24) is 4.98 Å². The molecule has 0 amide bonds. The van der Waals surface area contributed by atoms with Gasteiger partial charge in [0.2, 0.25) is 0 Å². The third-order valence-electron chi connectivity index (χ3n) is 2.84. The lowest BCUT2D eigenvalue weighted by atomic mass is 10.0. The van der Waals surface area contributed by atoms with Crippen LogP contribution in [0.1, 0.15) is 23.7 Å². The molecule has 1 nitrogen and oxygen atoms in total. The molecule has 0 bridgehead atoms. The highest BCUT2D eigenvalue weighted by atomic mass is 14.7. The number of hydrogen-bond donors (Lipinski definition) is 0. The number of para-hydroxylation sites is 1. The molecule has 14 heavy (non-hydrogen) atoms. The Bertz CT molecular complexity index is 472. The van der Waals surface area contributed by atoms with Gasteiger partial charge in [-0.3, -0.25) is 4.98 Å². The van der Waals surface area contributed by atoms with Crippen molar-refractivity contribution in [2.24, 2.45) is 0 Å². The van der Waals surface area contributed by atoms with Crippen molar-refractivity contribution in [3.63, 3.8) is 0 Å². The van der Waals surface area contributed by atoms with E-state index >= 15 is 0 Å². The highest BCUT2D eigenvalue weighted by Gasteiger charge is 2.06. The van der Waals surface area contributed by atoms with E-state index in [2.05, 4.69) is 44.0 Å². The molecular weight excluding hydrogens is 170 g/mol. The van der Waals surface area contributed by atoms with E-state index in [1.54, 1.807) is 0 Å². The van der Waals surface area contributed by atoms with Crippen molar-refractivity contribution in [1.29, 1.82) is 0 Å². The van der Waals surface area contributed by atoms with Gasteiger partial charge in [-0.15, -0.1) is 0 Å². The summed E-state index contributed by atoms with van der Waals surface area (Å²) in [6, 6.07) is 8.34. The molecule has 0 aliphatic rings. The Morgan fingerprint density at radius 1 is 1.14 bits per heavy atom. The molecule has 2 rings (SSSR count). The van der Waals surface area contributed by atoms with Gasteiger partial charge in [-0.1, -0.05) is 25.1 Å². The van der Waals surface area contributed by atoms with Crippen LogP contribution in [-0.2, 0) is 6.42 Å². The van der Waals surface area contributed by atoms with Crippen molar-refractivity contribution in [3.8, 4) is 0 Å². The number of nitrogens with zero attached hydrogens (tertiary/aromatic N) is 1. The molecular formula is C13H15N. The van der Waals surface area contributed by atoms with Crippen LogP contribution in [0.25, 0.3) is 10.9 Å². The molecule has 0 saturated heterocycles. The molecule has 1 heterocycles. The van der Waals surface area contributed by atoms with Crippen LogP contribution < -0.4 is 0 Å². The average Bonchev–Trinajstić information content (AvgIpc) is 2.18. The van der Waals surface area contributed by atoms with E-state index in [-0.39, 0.29) is 0 Å². The number of hydrogen-bond acceptors (Lipinski definition) is 1. The number of benzene rings is 1. The minimum atomic E-state index is 1.06. The maximum Gasteiger partial charge on any atom is 0.0708 e. The fraction of sp³-hybridized carbons (Fsp3) is 0.308. The van der Waals surface area contributed by atoms with Gasteiger partial charge in [0.25, 0.3) is 0 Å². The van der Waals surface area contributed by atoms with Gasteiger partial charge in [0.05, 0.1) is 5.52 Å². The Hall–Kier alpha value is -1.37. The first-order valence-corrected chi connectivity index (χ1v) is 5.09. The van der Waals surface area contributed by atoms with E-state index in [9.17, 15) is 0 Å². The fourth-order valence-corrected chi connectivity index (χ4v) is 2.09. The first kappa shape index (κ1) is 9.20. The topological polar surface area (TPSA) is 12.9 Å². The maximum absolute atomic E-state index is 4.61. The number of aromatic nitrogens is 1. The van der Waals surface area contributed by atoms with E-state index in [0.29, 0.717) is 0 Å². The van der Waals surface area contributed by atoms with Gasteiger partial charge in [-0.05, 0) is 37.5 Å². The summed E-state index contributed by atoms with van der Waals surface area (Å²) in [6.45, 7) is 6.47. The van der Waals surface area contributed by atoms with Crippen LogP contribution in [0.2, 0.25) is 0 Å². The van der Waals surface area contributed by atoms with Gasteiger partial charge in [-0.2, -0.15) is 0 Å². The van der Waals surface area contributed by atoms with E-state index in [4.69, 9.17) is 0 Å². The number of pyridine rings is 1. The Labute approximate surface area is 84.8 Å². The minimum Gasteiger partial charge on any atom is -0.253 e. The summed E-state index contributed by atoms with van der Waals surface area (Å²) in [6.07, 6.45) is 1.06. The van der Waals surface area contributed by atoms with Crippen molar-refractivity contribution >= 4 is 10.9 Å². The molecule has 0 atom stereocenters. The summed E-state index contributed by atoms with van der Waals surface area (Å²) in [4.78, 5) is 4.61. The molecule has 0 saturated carbocycles. The summed E-state index contributed by atoms with van der Waals surface area (Å²) in [5, 5.41) is 1.29. The fourth-order valence-electron chi connectivity index (χ4n) is 2.09. The van der Waals surface area contributed by atoms with Crippen LogP contribution >= 0.6 is 0 Å². The highest BCUT2D eigenvalue weighted by Crippen LogP contribution is 2.22. The lowest BCUT2D eigenvalue weighted by Gasteiger charge is -2.10. The minimum absolute atomic E-state index is 1.06. The first-order valence-electron chi connectivity index (χ1n) is 5.09. The Kier molecular flexibility index (Phi) is 2.24. The third kappa shape index (κ3) is 1.29. The van der Waals surface area contributed by atoms with E-state index in [1.807, 2.05) is 6.07 Å². The first-order chi connectivity index (χ1) is 6.74. The van der Waals surface area contributed by atoms with Crippen LogP contribution in [0.5, 0.6) is 0 Å². The van der Waals surface area contributed by atoms with Gasteiger partial charge in [0, 0.05) is 11.1 Å². The van der Waals surface area contributed by atoms with Crippen molar-refractivity contribution in [3.05, 3.63) is 41.1 Å². The third-order valence-corrected chi connectivity index (χ3v) is 2.84. The van der Waals surface area contributed by atoms with Gasteiger partial charge in [0.15, 0.2) is 0 Å². The summed E-state index contributed by atoms with van der Waals surface area (Å²) >= 11 is 0. The van der Waals surface area contributed by atoms with E-state index < -0.39 is 0 Å². The van der Waals surface area contributed by atoms with Crippen LogP contribution in [-0.4, -0.2) is 4.98 Å². The molecule has 0 N–H and O–H groups in total. The quantitative estimate of drug-likeness (QED) is 0.663. The predicted octanol–water partition coefficient (Wildman–Crippen LogP) is 3.41. The van der Waals surface area contributed by atoms with Crippen molar-refractivity contribution in [2.75, 3.05) is 0 Å². The smallest absolute Gasteiger partial charge is 0.0708 e. The highest BCUT2D eigenvalue weighted by molar-refractivity contribution is 5.83. The molecule has 0 spiro atoms. The molecule has 72 valence electrons. The lowest BCUT2D eigenvalue weighted by Crippen LogP contribution is -1.96. The molecule has 0 aliphatic heterocycles. The maximum atomic E-state index is 4.61. The van der Waals surface area contributed by atoms with Crippen LogP contribution in [0, 0.1) is 13.8 Å². The molecule has 0 unspecified atom stereocenters. The second kappa shape index (κ2) is 3.41. The zero-order chi connectivity index (χ0) is 10.1. The monoisotopic (exact) mass is 185 g/mol. The number of rotatable bonds is 1. The van der Waals surface area contributed by atoms with Gasteiger partial charge in [-0.25, -0.2) is 0 Å². The Balaban J connectivity index is 2.86. The largest absolute Gasteiger partial charge is 0.253 e.